The molecule has 0 bridgehead atoms. The summed E-state index contributed by atoms with van der Waals surface area (Å²) in [6.07, 6.45) is 0.222. The lowest BCUT2D eigenvalue weighted by molar-refractivity contribution is -0.140. The number of rotatable bonds is 16. The molecule has 8 N–H and O–H groups in total. The Morgan fingerprint density at radius 2 is 1.32 bits per heavy atom. The molecule has 37 heavy (non-hydrogen) atoms. The third-order valence-electron chi connectivity index (χ3n) is 5.18. The molecule has 0 aliphatic heterocycles. The molecule has 0 radical (unpaired) electrons. The Labute approximate surface area is 213 Å². The van der Waals surface area contributed by atoms with Gasteiger partial charge in [0.1, 0.15) is 12.1 Å². The first-order chi connectivity index (χ1) is 17.5. The molecule has 1 rings (SSSR count). The van der Waals surface area contributed by atoms with Gasteiger partial charge in [0.25, 0.3) is 0 Å². The predicted octanol–water partition coefficient (Wildman–Crippen LogP) is 0.0150. The minimum atomic E-state index is -1.48. The van der Waals surface area contributed by atoms with E-state index in [0.717, 1.165) is 11.1 Å². The van der Waals surface area contributed by atoms with Crippen molar-refractivity contribution in [1.82, 2.24) is 26.6 Å². The van der Waals surface area contributed by atoms with Crippen LogP contribution in [0.4, 0.5) is 9.59 Å². The van der Waals surface area contributed by atoms with Gasteiger partial charge in [-0.2, -0.15) is 0 Å². The summed E-state index contributed by atoms with van der Waals surface area (Å²) in [5.41, 5.74) is 1.69. The third-order valence-corrected chi connectivity index (χ3v) is 5.18. The number of hydrogen-bond acceptors (Lipinski definition) is 6. The van der Waals surface area contributed by atoms with E-state index in [4.69, 9.17) is 10.2 Å². The Morgan fingerprint density at radius 1 is 0.757 bits per heavy atom. The average Bonchev–Trinajstić information content (AvgIpc) is 2.84. The number of carboxylic acids is 3. The molecule has 0 fully saturated rings. The molecule has 0 heterocycles. The van der Waals surface area contributed by atoms with Crippen LogP contribution in [0.2, 0.25) is 0 Å². The molecular weight excluding hydrogens is 490 g/mol. The summed E-state index contributed by atoms with van der Waals surface area (Å²) in [5.74, 6) is -4.09. The van der Waals surface area contributed by atoms with Gasteiger partial charge in [-0.05, 0) is 36.8 Å². The highest BCUT2D eigenvalue weighted by atomic mass is 16.4. The standard InChI is InChI=1S/C23H33N5O9/c1-24-18(29)12-14-5-7-15(8-6-14)13-26-22(36)25-11-3-2-4-16(20(32)33)27-23(37)28-17(21(34)35)9-10-19(30)31/h5-8,16-17H,2-4,9-13H2,1H3,(H,24,29)(H,30,31)(H,32,33)(H,34,35)(H2,25,26,36)(H2,27,28,37)/t16-,17-/m0/s1. The number of aliphatic carboxylic acids is 3. The maximum Gasteiger partial charge on any atom is 0.326 e. The molecule has 204 valence electrons. The molecule has 14 nitrogen and oxygen atoms in total. The van der Waals surface area contributed by atoms with E-state index in [-0.39, 0.29) is 38.3 Å². The van der Waals surface area contributed by atoms with Gasteiger partial charge in [-0.25, -0.2) is 19.2 Å². The second-order valence-electron chi connectivity index (χ2n) is 8.10. The van der Waals surface area contributed by atoms with Crippen molar-refractivity contribution in [1.29, 1.82) is 0 Å². The fraction of sp³-hybridized carbons (Fsp3) is 0.478. The first-order valence-electron chi connectivity index (χ1n) is 11.6. The van der Waals surface area contributed by atoms with Crippen LogP contribution in [0.25, 0.3) is 0 Å². The minimum Gasteiger partial charge on any atom is -0.481 e. The van der Waals surface area contributed by atoms with E-state index < -0.39 is 48.5 Å². The first-order valence-corrected chi connectivity index (χ1v) is 11.6. The van der Waals surface area contributed by atoms with Crippen molar-refractivity contribution in [2.75, 3.05) is 13.6 Å². The van der Waals surface area contributed by atoms with Crippen LogP contribution in [0.1, 0.15) is 43.2 Å². The van der Waals surface area contributed by atoms with Crippen molar-refractivity contribution >= 4 is 35.9 Å². The number of carbonyl (C=O) groups is 6. The number of amides is 5. The van der Waals surface area contributed by atoms with Crippen LogP contribution in [0.3, 0.4) is 0 Å². The van der Waals surface area contributed by atoms with Crippen molar-refractivity contribution in [3.05, 3.63) is 35.4 Å². The van der Waals surface area contributed by atoms with E-state index in [2.05, 4.69) is 26.6 Å². The summed E-state index contributed by atoms with van der Waals surface area (Å²) in [6.45, 7) is 0.529. The van der Waals surface area contributed by atoms with Crippen molar-refractivity contribution in [3.63, 3.8) is 0 Å². The molecule has 5 amide bonds. The Hall–Kier alpha value is -4.36. The summed E-state index contributed by atoms with van der Waals surface area (Å²) in [6, 6.07) is 2.98. The SMILES string of the molecule is CNC(=O)Cc1ccc(CNC(=O)NCCCC[C@H](NC(=O)N[C@@H](CCC(=O)O)C(=O)O)C(=O)O)cc1. The molecule has 1 aromatic rings. The zero-order valence-corrected chi connectivity index (χ0v) is 20.4. The Kier molecular flexibility index (Phi) is 13.5. The van der Waals surface area contributed by atoms with E-state index in [1.54, 1.807) is 31.3 Å². The Balaban J connectivity index is 2.33. The van der Waals surface area contributed by atoms with Gasteiger partial charge in [-0.15, -0.1) is 0 Å². The van der Waals surface area contributed by atoms with Gasteiger partial charge in [0.2, 0.25) is 5.91 Å². The van der Waals surface area contributed by atoms with Crippen LogP contribution < -0.4 is 26.6 Å². The van der Waals surface area contributed by atoms with Crippen molar-refractivity contribution in [3.8, 4) is 0 Å². The summed E-state index contributed by atoms with van der Waals surface area (Å²) in [5, 5.41) is 39.1. The third kappa shape index (κ3) is 13.3. The molecule has 0 saturated heterocycles. The largest absolute Gasteiger partial charge is 0.481 e. The van der Waals surface area contributed by atoms with E-state index in [9.17, 15) is 33.9 Å². The molecule has 0 aromatic heterocycles. The lowest BCUT2D eigenvalue weighted by atomic mass is 10.1. The average molecular weight is 524 g/mol. The number of urea groups is 2. The molecule has 0 spiro atoms. The number of likely N-dealkylation sites (N-methyl/N-ethyl adjacent to an activating group) is 1. The summed E-state index contributed by atoms with van der Waals surface area (Å²) >= 11 is 0. The molecule has 0 aliphatic carbocycles. The number of carbonyl (C=O) groups excluding carboxylic acids is 3. The smallest absolute Gasteiger partial charge is 0.326 e. The number of hydrogen-bond donors (Lipinski definition) is 8. The van der Waals surface area contributed by atoms with Gasteiger partial charge in [0.15, 0.2) is 0 Å². The zero-order chi connectivity index (χ0) is 27.8. The van der Waals surface area contributed by atoms with E-state index in [0.29, 0.717) is 12.8 Å². The van der Waals surface area contributed by atoms with Gasteiger partial charge in [-0.1, -0.05) is 24.3 Å². The summed E-state index contributed by atoms with van der Waals surface area (Å²) in [7, 11) is 1.56. The molecule has 0 saturated carbocycles. The molecule has 1 aromatic carbocycles. The van der Waals surface area contributed by atoms with Gasteiger partial charge < -0.3 is 41.9 Å². The van der Waals surface area contributed by atoms with Crippen LogP contribution in [0.15, 0.2) is 24.3 Å². The van der Waals surface area contributed by atoms with Gasteiger partial charge in [0.05, 0.1) is 6.42 Å². The number of carboxylic acid groups (broad SMARTS) is 3. The molecule has 2 atom stereocenters. The fourth-order valence-electron chi connectivity index (χ4n) is 3.11. The highest BCUT2D eigenvalue weighted by molar-refractivity contribution is 5.86. The van der Waals surface area contributed by atoms with Crippen LogP contribution in [0, 0.1) is 0 Å². The molecule has 0 unspecified atom stereocenters. The van der Waals surface area contributed by atoms with Crippen LogP contribution in [-0.2, 0) is 32.1 Å². The summed E-state index contributed by atoms with van der Waals surface area (Å²) in [4.78, 5) is 68.5. The van der Waals surface area contributed by atoms with Crippen molar-refractivity contribution in [2.24, 2.45) is 0 Å². The lowest BCUT2D eigenvalue weighted by Crippen LogP contribution is -2.51. The molecular formula is C23H33N5O9. The highest BCUT2D eigenvalue weighted by Crippen LogP contribution is 2.06. The predicted molar refractivity (Wildman–Crippen MR) is 130 cm³/mol. The molecule has 14 heteroatoms. The van der Waals surface area contributed by atoms with Crippen LogP contribution in [-0.4, -0.2) is 76.9 Å². The van der Waals surface area contributed by atoms with Crippen molar-refractivity contribution < 1.29 is 44.1 Å². The quantitative estimate of drug-likeness (QED) is 0.136. The van der Waals surface area contributed by atoms with E-state index in [1.807, 2.05) is 0 Å². The second-order valence-corrected chi connectivity index (χ2v) is 8.10. The lowest BCUT2D eigenvalue weighted by Gasteiger charge is -2.18. The maximum atomic E-state index is 12.0. The highest BCUT2D eigenvalue weighted by Gasteiger charge is 2.24. The summed E-state index contributed by atoms with van der Waals surface area (Å²) < 4.78 is 0. The fourth-order valence-corrected chi connectivity index (χ4v) is 3.11. The molecule has 0 aliphatic rings. The van der Waals surface area contributed by atoms with E-state index >= 15 is 0 Å². The van der Waals surface area contributed by atoms with Crippen molar-refractivity contribution in [2.45, 2.75) is 57.2 Å². The monoisotopic (exact) mass is 523 g/mol. The number of benzene rings is 1. The van der Waals surface area contributed by atoms with Gasteiger partial charge >= 0.3 is 30.0 Å². The zero-order valence-electron chi connectivity index (χ0n) is 20.4. The van der Waals surface area contributed by atoms with Crippen LogP contribution in [0.5, 0.6) is 0 Å². The number of unbranched alkanes of at least 4 members (excludes halogenated alkanes) is 1. The first kappa shape index (κ1) is 30.7. The Bertz CT molecular complexity index is 952. The minimum absolute atomic E-state index is 0.0291. The number of nitrogens with one attached hydrogen (secondary N) is 5. The van der Waals surface area contributed by atoms with Crippen LogP contribution >= 0.6 is 0 Å². The van der Waals surface area contributed by atoms with Gasteiger partial charge in [-0.3, -0.25) is 9.59 Å². The Morgan fingerprint density at radius 3 is 1.86 bits per heavy atom. The second kappa shape index (κ2) is 16.3. The maximum absolute atomic E-state index is 12.0. The van der Waals surface area contributed by atoms with E-state index in [1.165, 1.54) is 0 Å². The normalized spacial score (nSPS) is 11.9. The van der Waals surface area contributed by atoms with Gasteiger partial charge in [0, 0.05) is 26.6 Å². The topological polar surface area (TPSA) is 223 Å².